The summed E-state index contributed by atoms with van der Waals surface area (Å²) in [7, 11) is 3.69. The van der Waals surface area contributed by atoms with Gasteiger partial charge in [-0.2, -0.15) is 0 Å². The highest BCUT2D eigenvalue weighted by Crippen LogP contribution is 2.00. The zero-order valence-corrected chi connectivity index (χ0v) is 8.30. The summed E-state index contributed by atoms with van der Waals surface area (Å²) in [5.74, 6) is 0.482. The monoisotopic (exact) mass is 197 g/mol. The Morgan fingerprint density at radius 1 is 1.62 bits per heavy atom. The van der Waals surface area contributed by atoms with Crippen LogP contribution in [0.1, 0.15) is 5.69 Å². The predicted molar refractivity (Wildman–Crippen MR) is 55.2 cm³/mol. The number of nitrogens with two attached hydrogens (primary N) is 1. The number of hydrogen-bond acceptors (Lipinski definition) is 5. The van der Waals surface area contributed by atoms with Crippen molar-refractivity contribution < 1.29 is 0 Å². The first-order valence-corrected chi connectivity index (χ1v) is 4.07. The lowest BCUT2D eigenvalue weighted by atomic mass is 10.4. The third kappa shape index (κ3) is 2.92. The van der Waals surface area contributed by atoms with Gasteiger partial charge < -0.3 is 5.73 Å². The molecule has 0 saturated heterocycles. The highest BCUT2D eigenvalue weighted by Gasteiger charge is 2.00. The van der Waals surface area contributed by atoms with Crippen molar-refractivity contribution in [3.8, 4) is 0 Å². The molecular weight excluding hydrogens is 186 g/mol. The fourth-order valence-electron chi connectivity index (χ4n) is 0.750. The second-order valence-corrected chi connectivity index (χ2v) is 3.08. The largest absolute Gasteiger partial charge is 0.388 e. The third-order valence-electron chi connectivity index (χ3n) is 1.23. The van der Waals surface area contributed by atoms with Crippen molar-refractivity contribution in [2.75, 3.05) is 19.5 Å². The second-order valence-electron chi connectivity index (χ2n) is 2.64. The number of thiocarbonyl (C=S) groups is 1. The summed E-state index contributed by atoms with van der Waals surface area (Å²) < 4.78 is 0. The van der Waals surface area contributed by atoms with Crippen molar-refractivity contribution in [3.63, 3.8) is 0 Å². The highest BCUT2D eigenvalue weighted by molar-refractivity contribution is 7.80. The molecule has 0 aliphatic carbocycles. The van der Waals surface area contributed by atoms with Gasteiger partial charge in [0.15, 0.2) is 0 Å². The van der Waals surface area contributed by atoms with E-state index < -0.39 is 0 Å². The van der Waals surface area contributed by atoms with Gasteiger partial charge in [0.05, 0.1) is 0 Å². The molecule has 3 N–H and O–H groups in total. The summed E-state index contributed by atoms with van der Waals surface area (Å²) in [4.78, 5) is 8.33. The molecule has 0 spiro atoms. The van der Waals surface area contributed by atoms with Crippen molar-refractivity contribution >= 4 is 23.2 Å². The minimum absolute atomic E-state index is 0.268. The van der Waals surface area contributed by atoms with Gasteiger partial charge >= 0.3 is 0 Å². The first-order chi connectivity index (χ1) is 6.09. The van der Waals surface area contributed by atoms with Crippen LogP contribution in [0.15, 0.2) is 12.3 Å². The van der Waals surface area contributed by atoms with E-state index in [9.17, 15) is 0 Å². The zero-order valence-electron chi connectivity index (χ0n) is 7.48. The SMILES string of the molecule is CN(C)Nc1nccc(C(N)=S)n1. The molecule has 0 saturated carbocycles. The van der Waals surface area contributed by atoms with Crippen molar-refractivity contribution in [2.24, 2.45) is 5.73 Å². The Morgan fingerprint density at radius 3 is 2.85 bits per heavy atom. The minimum atomic E-state index is 0.268. The average Bonchev–Trinajstić information content (AvgIpc) is 2.03. The molecule has 1 heterocycles. The van der Waals surface area contributed by atoms with E-state index in [0.29, 0.717) is 11.6 Å². The van der Waals surface area contributed by atoms with E-state index in [1.807, 2.05) is 14.1 Å². The molecule has 0 unspecified atom stereocenters. The Labute approximate surface area is 81.9 Å². The second kappa shape index (κ2) is 4.11. The van der Waals surface area contributed by atoms with Crippen molar-refractivity contribution in [2.45, 2.75) is 0 Å². The molecule has 0 radical (unpaired) electrons. The number of nitrogens with zero attached hydrogens (tertiary/aromatic N) is 3. The maximum absolute atomic E-state index is 5.41. The Hall–Kier alpha value is -1.27. The van der Waals surface area contributed by atoms with Crippen molar-refractivity contribution in [3.05, 3.63) is 18.0 Å². The summed E-state index contributed by atoms with van der Waals surface area (Å²) in [5.41, 5.74) is 8.87. The molecule has 0 amide bonds. The van der Waals surface area contributed by atoms with Crippen LogP contribution < -0.4 is 11.2 Å². The summed E-state index contributed by atoms with van der Waals surface area (Å²) in [6.45, 7) is 0. The topological polar surface area (TPSA) is 67.1 Å². The summed E-state index contributed by atoms with van der Waals surface area (Å²) in [5, 5.41) is 1.73. The Balaban J connectivity index is 2.85. The van der Waals surface area contributed by atoms with Crippen LogP contribution in [0, 0.1) is 0 Å². The number of hydrogen-bond donors (Lipinski definition) is 2. The third-order valence-corrected chi connectivity index (χ3v) is 1.44. The Bertz CT molecular complexity index is 312. The lowest BCUT2D eigenvalue weighted by Crippen LogP contribution is -2.22. The highest BCUT2D eigenvalue weighted by atomic mass is 32.1. The molecule has 6 heteroatoms. The van der Waals surface area contributed by atoms with Gasteiger partial charge in [0.2, 0.25) is 5.95 Å². The van der Waals surface area contributed by atoms with Gasteiger partial charge in [0.1, 0.15) is 10.7 Å². The number of anilines is 1. The number of rotatable bonds is 3. The first kappa shape index (κ1) is 9.82. The molecule has 1 rings (SSSR count). The van der Waals surface area contributed by atoms with E-state index in [0.717, 1.165) is 0 Å². The average molecular weight is 197 g/mol. The fraction of sp³-hybridized carbons (Fsp3) is 0.286. The molecule has 0 fully saturated rings. The summed E-state index contributed by atoms with van der Waals surface area (Å²) in [6, 6.07) is 1.67. The molecule has 0 aliphatic rings. The van der Waals surface area contributed by atoms with Crippen LogP contribution in [0.2, 0.25) is 0 Å². The first-order valence-electron chi connectivity index (χ1n) is 3.66. The van der Waals surface area contributed by atoms with E-state index in [-0.39, 0.29) is 4.99 Å². The van der Waals surface area contributed by atoms with Gasteiger partial charge in [-0.3, -0.25) is 5.43 Å². The van der Waals surface area contributed by atoms with E-state index in [1.165, 1.54) is 0 Å². The van der Waals surface area contributed by atoms with Crippen LogP contribution in [0.4, 0.5) is 5.95 Å². The van der Waals surface area contributed by atoms with E-state index in [2.05, 4.69) is 15.4 Å². The van der Waals surface area contributed by atoms with Gasteiger partial charge in [0.25, 0.3) is 0 Å². The van der Waals surface area contributed by atoms with Crippen LogP contribution in [-0.4, -0.2) is 34.1 Å². The molecule has 70 valence electrons. The Kier molecular flexibility index (Phi) is 3.10. The summed E-state index contributed by atoms with van der Waals surface area (Å²) in [6.07, 6.45) is 1.60. The maximum Gasteiger partial charge on any atom is 0.238 e. The predicted octanol–water partition coefficient (Wildman–Crippen LogP) is -0.000700. The molecule has 13 heavy (non-hydrogen) atoms. The zero-order chi connectivity index (χ0) is 9.84. The summed E-state index contributed by atoms with van der Waals surface area (Å²) >= 11 is 4.78. The van der Waals surface area contributed by atoms with Crippen LogP contribution >= 0.6 is 12.2 Å². The lowest BCUT2D eigenvalue weighted by Gasteiger charge is -2.11. The van der Waals surface area contributed by atoms with Gasteiger partial charge in [-0.1, -0.05) is 12.2 Å². The lowest BCUT2D eigenvalue weighted by molar-refractivity contribution is 0.488. The van der Waals surface area contributed by atoms with Crippen LogP contribution in [0.25, 0.3) is 0 Å². The standard InChI is InChI=1S/C7H11N5S/c1-12(2)11-7-9-4-3-5(10-7)6(8)13/h3-4H,1-2H3,(H2,8,13)(H,9,10,11). The molecule has 1 aromatic rings. The molecule has 0 bridgehead atoms. The van der Waals surface area contributed by atoms with Crippen molar-refractivity contribution in [1.82, 2.24) is 15.0 Å². The number of aromatic nitrogens is 2. The maximum atomic E-state index is 5.41. The van der Waals surface area contributed by atoms with Crippen LogP contribution in [-0.2, 0) is 0 Å². The van der Waals surface area contributed by atoms with E-state index in [1.54, 1.807) is 17.3 Å². The van der Waals surface area contributed by atoms with E-state index in [4.69, 9.17) is 18.0 Å². The molecule has 5 nitrogen and oxygen atoms in total. The number of hydrazine groups is 1. The molecule has 0 atom stereocenters. The molecular formula is C7H11N5S. The van der Waals surface area contributed by atoms with Gasteiger partial charge in [-0.15, -0.1) is 0 Å². The van der Waals surface area contributed by atoms with Crippen LogP contribution in [0.5, 0.6) is 0 Å². The van der Waals surface area contributed by atoms with Gasteiger partial charge in [-0.05, 0) is 6.07 Å². The quantitative estimate of drug-likeness (QED) is 0.525. The van der Waals surface area contributed by atoms with Gasteiger partial charge in [-0.25, -0.2) is 15.0 Å². The molecule has 0 aromatic carbocycles. The van der Waals surface area contributed by atoms with Crippen LogP contribution in [0.3, 0.4) is 0 Å². The molecule has 1 aromatic heterocycles. The van der Waals surface area contributed by atoms with Gasteiger partial charge in [0, 0.05) is 20.3 Å². The molecule has 0 aliphatic heterocycles. The minimum Gasteiger partial charge on any atom is -0.388 e. The van der Waals surface area contributed by atoms with Crippen molar-refractivity contribution in [1.29, 1.82) is 0 Å². The number of nitrogens with one attached hydrogen (secondary N) is 1. The smallest absolute Gasteiger partial charge is 0.238 e. The Morgan fingerprint density at radius 2 is 2.31 bits per heavy atom. The fourth-order valence-corrected chi connectivity index (χ4v) is 0.863. The van der Waals surface area contributed by atoms with E-state index >= 15 is 0 Å². The normalized spacial score (nSPS) is 10.1.